The fourth-order valence-electron chi connectivity index (χ4n) is 2.51. The first kappa shape index (κ1) is 12.0. The zero-order valence-electron chi connectivity index (χ0n) is 10.8. The molecule has 4 nitrogen and oxygen atoms in total. The van der Waals surface area contributed by atoms with E-state index in [2.05, 4.69) is 17.1 Å². The molecule has 0 fully saturated rings. The average molecular weight is 257 g/mol. The number of benzene rings is 1. The van der Waals surface area contributed by atoms with Crippen molar-refractivity contribution in [2.75, 3.05) is 6.61 Å². The first-order valence-electron chi connectivity index (χ1n) is 6.52. The monoisotopic (exact) mass is 257 g/mol. The third-order valence-electron chi connectivity index (χ3n) is 3.40. The first-order valence-corrected chi connectivity index (χ1v) is 6.52. The molecule has 0 N–H and O–H groups in total. The van der Waals surface area contributed by atoms with Gasteiger partial charge in [0.15, 0.2) is 17.8 Å². The predicted molar refractivity (Wildman–Crippen MR) is 69.9 cm³/mol. The van der Waals surface area contributed by atoms with Crippen LogP contribution in [0.3, 0.4) is 0 Å². The average Bonchev–Trinajstić information content (AvgIpc) is 3.07. The Morgan fingerprint density at radius 3 is 3.05 bits per heavy atom. The molecule has 0 unspecified atom stereocenters. The molecule has 0 radical (unpaired) electrons. The summed E-state index contributed by atoms with van der Waals surface area (Å²) in [6.45, 7) is 2.10. The Morgan fingerprint density at radius 2 is 2.21 bits per heavy atom. The normalized spacial score (nSPS) is 13.3. The smallest absolute Gasteiger partial charge is 0.360 e. The van der Waals surface area contributed by atoms with Crippen LogP contribution in [-0.2, 0) is 17.6 Å². The van der Waals surface area contributed by atoms with E-state index in [1.807, 2.05) is 6.07 Å². The minimum absolute atomic E-state index is 0.250. The quantitative estimate of drug-likeness (QED) is 0.793. The SMILES string of the molecule is CCOC(=O)c1ncoc1-c1ccc2c(c1)CCC2. The van der Waals surface area contributed by atoms with Gasteiger partial charge in [-0.2, -0.15) is 0 Å². The molecule has 1 aromatic carbocycles. The summed E-state index contributed by atoms with van der Waals surface area (Å²) in [5, 5.41) is 0. The lowest BCUT2D eigenvalue weighted by atomic mass is 10.0. The van der Waals surface area contributed by atoms with Gasteiger partial charge in [0.05, 0.1) is 6.61 Å². The van der Waals surface area contributed by atoms with Gasteiger partial charge in [-0.25, -0.2) is 9.78 Å². The van der Waals surface area contributed by atoms with Gasteiger partial charge in [-0.3, -0.25) is 0 Å². The van der Waals surface area contributed by atoms with Crippen LogP contribution in [0.25, 0.3) is 11.3 Å². The Labute approximate surface area is 111 Å². The van der Waals surface area contributed by atoms with Crippen LogP contribution in [-0.4, -0.2) is 17.6 Å². The summed E-state index contributed by atoms with van der Waals surface area (Å²) in [7, 11) is 0. The Bertz CT molecular complexity index is 616. The molecule has 4 heteroatoms. The number of carbonyl (C=O) groups excluding carboxylic acids is 1. The van der Waals surface area contributed by atoms with E-state index in [1.54, 1.807) is 6.92 Å². The fourth-order valence-corrected chi connectivity index (χ4v) is 2.51. The third-order valence-corrected chi connectivity index (χ3v) is 3.40. The Morgan fingerprint density at radius 1 is 1.37 bits per heavy atom. The summed E-state index contributed by atoms with van der Waals surface area (Å²) in [4.78, 5) is 15.8. The molecule has 1 heterocycles. The van der Waals surface area contributed by atoms with Crippen LogP contribution < -0.4 is 0 Å². The van der Waals surface area contributed by atoms with Crippen LogP contribution in [0, 0.1) is 0 Å². The maximum atomic E-state index is 11.8. The molecular weight excluding hydrogens is 242 g/mol. The second-order valence-electron chi connectivity index (χ2n) is 4.59. The predicted octanol–water partition coefficient (Wildman–Crippen LogP) is 3.01. The molecule has 1 aliphatic carbocycles. The van der Waals surface area contributed by atoms with E-state index in [1.165, 1.54) is 23.9 Å². The molecule has 0 spiro atoms. The van der Waals surface area contributed by atoms with Crippen molar-refractivity contribution in [1.82, 2.24) is 4.98 Å². The van der Waals surface area contributed by atoms with Gasteiger partial charge >= 0.3 is 5.97 Å². The van der Waals surface area contributed by atoms with E-state index < -0.39 is 5.97 Å². The Kier molecular flexibility index (Phi) is 3.07. The number of nitrogens with zero attached hydrogens (tertiary/aromatic N) is 1. The van der Waals surface area contributed by atoms with Crippen LogP contribution in [0.4, 0.5) is 0 Å². The fraction of sp³-hybridized carbons (Fsp3) is 0.333. The number of hydrogen-bond acceptors (Lipinski definition) is 4. The Hall–Kier alpha value is -2.10. The van der Waals surface area contributed by atoms with Gasteiger partial charge in [-0.15, -0.1) is 0 Å². The van der Waals surface area contributed by atoms with Gasteiger partial charge in [0.2, 0.25) is 0 Å². The van der Waals surface area contributed by atoms with Crippen molar-refractivity contribution in [1.29, 1.82) is 0 Å². The summed E-state index contributed by atoms with van der Waals surface area (Å²) in [6, 6.07) is 6.17. The van der Waals surface area contributed by atoms with Crippen LogP contribution in [0.15, 0.2) is 29.0 Å². The van der Waals surface area contributed by atoms with Crippen molar-refractivity contribution < 1.29 is 13.9 Å². The molecule has 0 amide bonds. The number of rotatable bonds is 3. The van der Waals surface area contributed by atoms with E-state index >= 15 is 0 Å². The number of aromatic nitrogens is 1. The highest BCUT2D eigenvalue weighted by molar-refractivity contribution is 5.93. The molecule has 98 valence electrons. The van der Waals surface area contributed by atoms with Gasteiger partial charge in [-0.05, 0) is 43.4 Å². The third kappa shape index (κ3) is 2.14. The summed E-state index contributed by atoms with van der Waals surface area (Å²) in [6.07, 6.45) is 4.71. The number of carbonyl (C=O) groups is 1. The molecule has 19 heavy (non-hydrogen) atoms. The number of ether oxygens (including phenoxy) is 1. The molecule has 1 aromatic heterocycles. The maximum Gasteiger partial charge on any atom is 0.360 e. The van der Waals surface area contributed by atoms with Crippen LogP contribution in [0.1, 0.15) is 35.0 Å². The first-order chi connectivity index (χ1) is 9.29. The van der Waals surface area contributed by atoms with E-state index in [4.69, 9.17) is 9.15 Å². The van der Waals surface area contributed by atoms with Crippen LogP contribution in [0.2, 0.25) is 0 Å². The van der Waals surface area contributed by atoms with Gasteiger partial charge in [-0.1, -0.05) is 12.1 Å². The lowest BCUT2D eigenvalue weighted by Gasteiger charge is -2.04. The van der Waals surface area contributed by atoms with E-state index in [-0.39, 0.29) is 5.69 Å². The summed E-state index contributed by atoms with van der Waals surface area (Å²) in [5.74, 6) is 0.0555. The summed E-state index contributed by atoms with van der Waals surface area (Å²) >= 11 is 0. The van der Waals surface area contributed by atoms with Gasteiger partial charge in [0.1, 0.15) is 0 Å². The minimum atomic E-state index is -0.438. The Balaban J connectivity index is 1.99. The van der Waals surface area contributed by atoms with Crippen molar-refractivity contribution >= 4 is 5.97 Å². The van der Waals surface area contributed by atoms with E-state index in [9.17, 15) is 4.79 Å². The van der Waals surface area contributed by atoms with Crippen molar-refractivity contribution in [3.63, 3.8) is 0 Å². The van der Waals surface area contributed by atoms with Gasteiger partial charge in [0, 0.05) is 5.56 Å². The molecule has 1 aliphatic rings. The zero-order valence-corrected chi connectivity index (χ0v) is 10.8. The highest BCUT2D eigenvalue weighted by Gasteiger charge is 2.20. The highest BCUT2D eigenvalue weighted by atomic mass is 16.5. The van der Waals surface area contributed by atoms with Crippen molar-refractivity contribution in [3.8, 4) is 11.3 Å². The largest absolute Gasteiger partial charge is 0.461 e. The van der Waals surface area contributed by atoms with Gasteiger partial charge < -0.3 is 9.15 Å². The molecule has 0 bridgehead atoms. The van der Waals surface area contributed by atoms with Crippen LogP contribution >= 0.6 is 0 Å². The maximum absolute atomic E-state index is 11.8. The highest BCUT2D eigenvalue weighted by Crippen LogP contribution is 2.29. The molecular formula is C15H15NO3. The summed E-state index contributed by atoms with van der Waals surface area (Å²) < 4.78 is 10.3. The molecule has 0 saturated heterocycles. The zero-order chi connectivity index (χ0) is 13.2. The van der Waals surface area contributed by atoms with Crippen molar-refractivity contribution in [3.05, 3.63) is 41.4 Å². The lowest BCUT2D eigenvalue weighted by molar-refractivity contribution is 0.0520. The van der Waals surface area contributed by atoms with Crippen molar-refractivity contribution in [2.24, 2.45) is 0 Å². The molecule has 0 aliphatic heterocycles. The number of hydrogen-bond donors (Lipinski definition) is 0. The minimum Gasteiger partial charge on any atom is -0.461 e. The van der Waals surface area contributed by atoms with Crippen LogP contribution in [0.5, 0.6) is 0 Å². The van der Waals surface area contributed by atoms with E-state index in [0.717, 1.165) is 18.4 Å². The second-order valence-corrected chi connectivity index (χ2v) is 4.59. The lowest BCUT2D eigenvalue weighted by Crippen LogP contribution is -2.06. The number of fused-ring (bicyclic) bond motifs is 1. The number of oxazole rings is 1. The summed E-state index contributed by atoms with van der Waals surface area (Å²) in [5.41, 5.74) is 3.87. The molecule has 0 saturated carbocycles. The molecule has 3 rings (SSSR count). The number of esters is 1. The second kappa shape index (κ2) is 4.88. The van der Waals surface area contributed by atoms with E-state index in [0.29, 0.717) is 12.4 Å². The van der Waals surface area contributed by atoms with Crippen molar-refractivity contribution in [2.45, 2.75) is 26.2 Å². The molecule has 2 aromatic rings. The van der Waals surface area contributed by atoms with Gasteiger partial charge in [0.25, 0.3) is 0 Å². The molecule has 0 atom stereocenters. The topological polar surface area (TPSA) is 52.3 Å². The number of aryl methyl sites for hydroxylation is 2. The standard InChI is InChI=1S/C15H15NO3/c1-2-18-15(17)13-14(19-9-16-13)12-7-6-10-4-3-5-11(10)8-12/h6-9H,2-5H2,1H3.